The standard InChI is InChI=1S/C9H21OSi.C4H9O.2H2O.Zr/c1-4-7-11(10,8-5-2)9-6-3;1-3-4(2)5;;;/h4-9H2,1-3H3;4H,3H2,1-2H3;2*1H2;/q2*-1;;;+4/p-2. The molecule has 0 aliphatic carbocycles. The monoisotopic (exact) mass is 370 g/mol. The predicted molar refractivity (Wildman–Crippen MR) is 77.4 cm³/mol. The van der Waals surface area contributed by atoms with Gasteiger partial charge >= 0.3 is 127 Å². The fraction of sp³-hybridized carbons (Fsp3) is 1.00. The van der Waals surface area contributed by atoms with E-state index >= 15 is 0 Å². The average Bonchev–Trinajstić information content (AvgIpc) is 2.28. The first-order valence-corrected chi connectivity index (χ1v) is 14.4. The summed E-state index contributed by atoms with van der Waals surface area (Å²) in [5.41, 5.74) is 0. The van der Waals surface area contributed by atoms with Crippen molar-refractivity contribution in [2.45, 2.75) is 84.5 Å². The molecule has 116 valence electrons. The summed E-state index contributed by atoms with van der Waals surface area (Å²) in [6, 6.07) is 3.00. The van der Waals surface area contributed by atoms with Crippen molar-refractivity contribution in [2.75, 3.05) is 0 Å². The van der Waals surface area contributed by atoms with E-state index in [4.69, 9.17) is 5.32 Å². The third-order valence-corrected chi connectivity index (χ3v) is 15.2. The van der Waals surface area contributed by atoms with Gasteiger partial charge in [-0.25, -0.2) is 0 Å². The van der Waals surface area contributed by atoms with Crippen LogP contribution in [0.1, 0.15) is 60.3 Å². The van der Waals surface area contributed by atoms with Gasteiger partial charge in [-0.2, -0.15) is 0 Å². The van der Waals surface area contributed by atoms with Crippen LogP contribution < -0.4 is 0 Å². The summed E-state index contributed by atoms with van der Waals surface area (Å²) in [5.74, 6) is 0. The molecular formula is C13H32O4SiZr. The van der Waals surface area contributed by atoms with Crippen LogP contribution in [0.4, 0.5) is 0 Å². The zero-order valence-electron chi connectivity index (χ0n) is 13.2. The van der Waals surface area contributed by atoms with Gasteiger partial charge in [0.1, 0.15) is 0 Å². The molecule has 0 saturated carbocycles. The molecule has 1 atom stereocenters. The Labute approximate surface area is 126 Å². The van der Waals surface area contributed by atoms with Gasteiger partial charge in [0.25, 0.3) is 0 Å². The number of hydrogen-bond donors (Lipinski definition) is 2. The summed E-state index contributed by atoms with van der Waals surface area (Å²) in [7, 11) is -2.04. The molecule has 0 aromatic rings. The Bertz CT molecular complexity index is 222. The van der Waals surface area contributed by atoms with Crippen LogP contribution in [-0.2, 0) is 27.3 Å². The average molecular weight is 372 g/mol. The summed E-state index contributed by atoms with van der Waals surface area (Å²) in [4.78, 5) is 0. The zero-order valence-corrected chi connectivity index (χ0v) is 16.7. The van der Waals surface area contributed by atoms with Gasteiger partial charge in [0.2, 0.25) is 0 Å². The van der Waals surface area contributed by atoms with Crippen molar-refractivity contribution in [1.82, 2.24) is 0 Å². The Morgan fingerprint density at radius 1 is 0.947 bits per heavy atom. The van der Waals surface area contributed by atoms with E-state index in [1.54, 1.807) is 0 Å². The molecule has 1 unspecified atom stereocenters. The maximum atomic E-state index is 10.2. The summed E-state index contributed by atoms with van der Waals surface area (Å²) >= 11 is -4.76. The van der Waals surface area contributed by atoms with E-state index in [0.717, 1.165) is 43.8 Å². The van der Waals surface area contributed by atoms with Crippen LogP contribution in [0.15, 0.2) is 0 Å². The second kappa shape index (κ2) is 9.80. The maximum absolute atomic E-state index is 10.2. The van der Waals surface area contributed by atoms with E-state index in [1.807, 2.05) is 13.8 Å². The molecule has 0 spiro atoms. The van der Waals surface area contributed by atoms with Gasteiger partial charge in [0.15, 0.2) is 0 Å². The molecule has 0 aromatic carbocycles. The molecule has 19 heavy (non-hydrogen) atoms. The molecule has 0 fully saturated rings. The molecule has 0 radical (unpaired) electrons. The van der Waals surface area contributed by atoms with Crippen molar-refractivity contribution in [3.8, 4) is 0 Å². The third kappa shape index (κ3) is 8.08. The van der Waals surface area contributed by atoms with Crippen molar-refractivity contribution >= 4 is 8.32 Å². The Hall–Kier alpha value is 0.940. The van der Waals surface area contributed by atoms with E-state index < -0.39 is 30.3 Å². The van der Waals surface area contributed by atoms with Gasteiger partial charge in [-0.3, -0.25) is 0 Å². The zero-order chi connectivity index (χ0) is 14.9. The van der Waals surface area contributed by atoms with Gasteiger partial charge in [-0.15, -0.1) is 0 Å². The van der Waals surface area contributed by atoms with Crippen LogP contribution in [0, 0.1) is 0 Å². The Morgan fingerprint density at radius 3 is 1.68 bits per heavy atom. The van der Waals surface area contributed by atoms with Crippen LogP contribution >= 0.6 is 0 Å². The van der Waals surface area contributed by atoms with Gasteiger partial charge in [0, 0.05) is 0 Å². The van der Waals surface area contributed by atoms with E-state index in [2.05, 4.69) is 20.8 Å². The van der Waals surface area contributed by atoms with E-state index in [-0.39, 0.29) is 6.10 Å². The van der Waals surface area contributed by atoms with Crippen LogP contribution in [0.3, 0.4) is 0 Å². The summed E-state index contributed by atoms with van der Waals surface area (Å²) in [5, 5.41) is 0. The van der Waals surface area contributed by atoms with Crippen molar-refractivity contribution in [2.24, 2.45) is 0 Å². The molecular weight excluding hydrogens is 339 g/mol. The van der Waals surface area contributed by atoms with Crippen LogP contribution in [0.2, 0.25) is 18.1 Å². The Morgan fingerprint density at radius 2 is 1.37 bits per heavy atom. The summed E-state index contributed by atoms with van der Waals surface area (Å²) < 4.78 is 31.7. The van der Waals surface area contributed by atoms with Crippen molar-refractivity contribution in [3.05, 3.63) is 0 Å². The van der Waals surface area contributed by atoms with E-state index in [0.29, 0.717) is 0 Å². The fourth-order valence-corrected chi connectivity index (χ4v) is 15.4. The summed E-state index contributed by atoms with van der Waals surface area (Å²) in [6.45, 7) is 10.2. The second-order valence-electron chi connectivity index (χ2n) is 5.42. The first kappa shape index (κ1) is 19.9. The first-order chi connectivity index (χ1) is 8.84. The van der Waals surface area contributed by atoms with E-state index in [1.165, 1.54) is 0 Å². The minimum atomic E-state index is -4.76. The van der Waals surface area contributed by atoms with Crippen molar-refractivity contribution in [3.63, 3.8) is 0 Å². The molecule has 0 aromatic heterocycles. The van der Waals surface area contributed by atoms with E-state index in [9.17, 15) is 6.37 Å². The van der Waals surface area contributed by atoms with Crippen LogP contribution in [-0.4, -0.2) is 20.8 Å². The van der Waals surface area contributed by atoms with Gasteiger partial charge in [0.05, 0.1) is 0 Å². The first-order valence-electron chi connectivity index (χ1n) is 7.67. The summed E-state index contributed by atoms with van der Waals surface area (Å²) in [6.07, 6.45) is 3.75. The SMILES string of the molecule is CCC[Si](CCC)(CCC)[O][Zr]([OH])([OH])[O]C(C)CC. The predicted octanol–water partition coefficient (Wildman–Crippen LogP) is 3.79. The molecule has 4 nitrogen and oxygen atoms in total. The molecule has 6 heteroatoms. The van der Waals surface area contributed by atoms with Crippen molar-refractivity contribution in [1.29, 1.82) is 0 Å². The molecule has 0 aliphatic rings. The normalized spacial score (nSPS) is 14.7. The van der Waals surface area contributed by atoms with Gasteiger partial charge < -0.3 is 0 Å². The quantitative estimate of drug-likeness (QED) is 0.542. The molecule has 0 aliphatic heterocycles. The molecule has 0 saturated heterocycles. The van der Waals surface area contributed by atoms with Crippen LogP contribution in [0.25, 0.3) is 0 Å². The third-order valence-electron chi connectivity index (χ3n) is 3.40. The number of rotatable bonds is 11. The second-order valence-corrected chi connectivity index (χ2v) is 14.3. The molecule has 2 N–H and O–H groups in total. The van der Waals surface area contributed by atoms with Gasteiger partial charge in [-0.1, -0.05) is 0 Å². The molecule has 0 bridgehead atoms. The Balaban J connectivity index is 4.84. The molecule has 0 rings (SSSR count). The molecule has 0 amide bonds. The topological polar surface area (TPSA) is 58.9 Å². The number of hydrogen-bond acceptors (Lipinski definition) is 4. The molecule has 0 heterocycles. The van der Waals surface area contributed by atoms with Crippen molar-refractivity contribution < 1.29 is 33.7 Å². The Kier molecular flexibility index (Phi) is 10.3. The van der Waals surface area contributed by atoms with Crippen LogP contribution in [0.5, 0.6) is 0 Å². The minimum absolute atomic E-state index is 0.137. The fourth-order valence-electron chi connectivity index (χ4n) is 2.55. The van der Waals surface area contributed by atoms with Gasteiger partial charge in [-0.05, 0) is 0 Å².